The Bertz CT molecular complexity index is 534. The van der Waals surface area contributed by atoms with E-state index in [4.69, 9.17) is 4.42 Å². The number of aliphatic hydroxyl groups is 1. The third-order valence-corrected chi connectivity index (χ3v) is 3.84. The first-order chi connectivity index (χ1) is 8.49. The van der Waals surface area contributed by atoms with Crippen LogP contribution in [0, 0.1) is 20.8 Å². The molecule has 0 radical (unpaired) electrons. The van der Waals surface area contributed by atoms with Gasteiger partial charge in [-0.1, -0.05) is 17.7 Å². The van der Waals surface area contributed by atoms with Crippen LogP contribution in [0.15, 0.2) is 33.4 Å². The summed E-state index contributed by atoms with van der Waals surface area (Å²) < 4.78 is 6.12. The minimum absolute atomic E-state index is 0.573. The Labute approximate surface area is 116 Å². The Balaban J connectivity index is 2.27. The molecule has 2 nitrogen and oxygen atoms in total. The van der Waals surface area contributed by atoms with E-state index in [-0.39, 0.29) is 0 Å². The molecule has 1 unspecified atom stereocenters. The highest BCUT2D eigenvalue weighted by molar-refractivity contribution is 9.10. The minimum atomic E-state index is -0.616. The summed E-state index contributed by atoms with van der Waals surface area (Å²) in [5.74, 6) is 0.592. The van der Waals surface area contributed by atoms with Crippen LogP contribution in [0.25, 0.3) is 0 Å². The van der Waals surface area contributed by atoms with Crippen molar-refractivity contribution in [1.82, 2.24) is 0 Å². The molecule has 18 heavy (non-hydrogen) atoms. The average Bonchev–Trinajstić information content (AvgIpc) is 2.69. The van der Waals surface area contributed by atoms with Crippen LogP contribution in [-0.2, 0) is 6.42 Å². The van der Waals surface area contributed by atoms with Crippen molar-refractivity contribution in [2.24, 2.45) is 0 Å². The van der Waals surface area contributed by atoms with E-state index in [0.29, 0.717) is 12.2 Å². The first kappa shape index (κ1) is 13.4. The van der Waals surface area contributed by atoms with Crippen molar-refractivity contribution >= 4 is 15.9 Å². The van der Waals surface area contributed by atoms with E-state index < -0.39 is 6.10 Å². The first-order valence-corrected chi connectivity index (χ1v) is 6.76. The van der Waals surface area contributed by atoms with Gasteiger partial charge in [-0.3, -0.25) is 0 Å². The molecule has 0 bridgehead atoms. The predicted octanol–water partition coefficient (Wildman–Crippen LogP) is 4.24. The highest BCUT2D eigenvalue weighted by Gasteiger charge is 2.17. The summed E-state index contributed by atoms with van der Waals surface area (Å²) in [4.78, 5) is 0. The van der Waals surface area contributed by atoms with Crippen molar-refractivity contribution in [2.75, 3.05) is 0 Å². The van der Waals surface area contributed by atoms with Gasteiger partial charge in [0.25, 0.3) is 0 Å². The Morgan fingerprint density at radius 1 is 1.22 bits per heavy atom. The van der Waals surface area contributed by atoms with E-state index in [0.717, 1.165) is 4.47 Å². The SMILES string of the molecule is Cc1cc(C)c(CC(O)c2occc2Br)c(C)c1. The van der Waals surface area contributed by atoms with Gasteiger partial charge >= 0.3 is 0 Å². The van der Waals surface area contributed by atoms with Gasteiger partial charge in [-0.15, -0.1) is 0 Å². The summed E-state index contributed by atoms with van der Waals surface area (Å²) in [5, 5.41) is 10.2. The highest BCUT2D eigenvalue weighted by Crippen LogP contribution is 2.29. The molecule has 0 aliphatic heterocycles. The van der Waals surface area contributed by atoms with Crippen LogP contribution < -0.4 is 0 Å². The van der Waals surface area contributed by atoms with Crippen molar-refractivity contribution in [1.29, 1.82) is 0 Å². The van der Waals surface area contributed by atoms with Crippen LogP contribution in [-0.4, -0.2) is 5.11 Å². The molecule has 1 atom stereocenters. The maximum atomic E-state index is 10.2. The zero-order valence-electron chi connectivity index (χ0n) is 10.8. The number of rotatable bonds is 3. The van der Waals surface area contributed by atoms with Crippen LogP contribution >= 0.6 is 15.9 Å². The molecule has 0 aliphatic rings. The largest absolute Gasteiger partial charge is 0.465 e. The lowest BCUT2D eigenvalue weighted by Crippen LogP contribution is -2.05. The molecule has 2 aromatic rings. The topological polar surface area (TPSA) is 33.4 Å². The van der Waals surface area contributed by atoms with E-state index in [1.54, 1.807) is 12.3 Å². The van der Waals surface area contributed by atoms with E-state index in [2.05, 4.69) is 48.8 Å². The molecule has 0 amide bonds. The normalized spacial score (nSPS) is 12.7. The molecule has 1 aromatic carbocycles. The van der Waals surface area contributed by atoms with Crippen LogP contribution in [0.3, 0.4) is 0 Å². The molecule has 0 saturated heterocycles. The van der Waals surface area contributed by atoms with E-state index in [9.17, 15) is 5.11 Å². The van der Waals surface area contributed by atoms with Crippen molar-refractivity contribution in [3.63, 3.8) is 0 Å². The zero-order chi connectivity index (χ0) is 13.3. The summed E-state index contributed by atoms with van der Waals surface area (Å²) >= 11 is 3.38. The number of hydrogen-bond donors (Lipinski definition) is 1. The van der Waals surface area contributed by atoms with Gasteiger partial charge < -0.3 is 9.52 Å². The molecular weight excluding hydrogens is 292 g/mol. The van der Waals surface area contributed by atoms with Gasteiger partial charge in [-0.05, 0) is 59.5 Å². The van der Waals surface area contributed by atoms with E-state index in [1.807, 2.05) is 0 Å². The summed E-state index contributed by atoms with van der Waals surface area (Å²) in [5.41, 5.74) is 4.88. The Kier molecular flexibility index (Phi) is 3.93. The Morgan fingerprint density at radius 2 is 1.83 bits per heavy atom. The predicted molar refractivity (Wildman–Crippen MR) is 75.7 cm³/mol. The fourth-order valence-corrected chi connectivity index (χ4v) is 2.83. The molecule has 2 rings (SSSR count). The molecule has 0 saturated carbocycles. The molecule has 0 spiro atoms. The van der Waals surface area contributed by atoms with Crippen LogP contribution in [0.1, 0.15) is 34.1 Å². The van der Waals surface area contributed by atoms with Crippen molar-refractivity contribution < 1.29 is 9.52 Å². The minimum Gasteiger partial charge on any atom is -0.465 e. The van der Waals surface area contributed by atoms with Crippen LogP contribution in [0.5, 0.6) is 0 Å². The number of aliphatic hydroxyl groups excluding tert-OH is 1. The summed E-state index contributed by atoms with van der Waals surface area (Å²) in [6, 6.07) is 6.09. The van der Waals surface area contributed by atoms with Gasteiger partial charge in [0.1, 0.15) is 11.9 Å². The smallest absolute Gasteiger partial charge is 0.146 e. The van der Waals surface area contributed by atoms with E-state index >= 15 is 0 Å². The third kappa shape index (κ3) is 2.68. The fraction of sp³-hybridized carbons (Fsp3) is 0.333. The number of aryl methyl sites for hydroxylation is 3. The number of benzene rings is 1. The monoisotopic (exact) mass is 308 g/mol. The summed E-state index contributed by atoms with van der Waals surface area (Å²) in [6.45, 7) is 6.25. The average molecular weight is 309 g/mol. The summed E-state index contributed by atoms with van der Waals surface area (Å²) in [7, 11) is 0. The fourth-order valence-electron chi connectivity index (χ4n) is 2.36. The van der Waals surface area contributed by atoms with Gasteiger partial charge in [-0.2, -0.15) is 0 Å². The Morgan fingerprint density at radius 3 is 2.33 bits per heavy atom. The maximum Gasteiger partial charge on any atom is 0.146 e. The second kappa shape index (κ2) is 5.29. The number of hydrogen-bond acceptors (Lipinski definition) is 2. The van der Waals surface area contributed by atoms with Gasteiger partial charge in [0.2, 0.25) is 0 Å². The zero-order valence-corrected chi connectivity index (χ0v) is 12.4. The molecular formula is C15H17BrO2. The number of halogens is 1. The highest BCUT2D eigenvalue weighted by atomic mass is 79.9. The molecule has 3 heteroatoms. The lowest BCUT2D eigenvalue weighted by molar-refractivity contribution is 0.149. The third-order valence-electron chi connectivity index (χ3n) is 3.19. The van der Waals surface area contributed by atoms with Crippen LogP contribution in [0.4, 0.5) is 0 Å². The lowest BCUT2D eigenvalue weighted by atomic mass is 9.95. The van der Waals surface area contributed by atoms with Crippen molar-refractivity contribution in [2.45, 2.75) is 33.3 Å². The van der Waals surface area contributed by atoms with Gasteiger partial charge in [0, 0.05) is 6.42 Å². The molecule has 1 aromatic heterocycles. The van der Waals surface area contributed by atoms with E-state index in [1.165, 1.54) is 22.3 Å². The molecule has 0 fully saturated rings. The number of furan rings is 1. The quantitative estimate of drug-likeness (QED) is 0.920. The van der Waals surface area contributed by atoms with Crippen molar-refractivity contribution in [3.05, 3.63) is 56.9 Å². The lowest BCUT2D eigenvalue weighted by Gasteiger charge is -2.14. The van der Waals surface area contributed by atoms with Crippen LogP contribution in [0.2, 0.25) is 0 Å². The first-order valence-electron chi connectivity index (χ1n) is 5.96. The van der Waals surface area contributed by atoms with Gasteiger partial charge in [0.05, 0.1) is 10.7 Å². The molecule has 0 aliphatic carbocycles. The molecule has 1 heterocycles. The standard InChI is InChI=1S/C15H17BrO2/c1-9-6-10(2)12(11(3)7-9)8-14(17)15-13(16)4-5-18-15/h4-7,14,17H,8H2,1-3H3. The maximum absolute atomic E-state index is 10.2. The Hall–Kier alpha value is -1.06. The van der Waals surface area contributed by atoms with Gasteiger partial charge in [-0.25, -0.2) is 0 Å². The van der Waals surface area contributed by atoms with Crippen molar-refractivity contribution in [3.8, 4) is 0 Å². The molecule has 96 valence electrons. The second-order valence-electron chi connectivity index (χ2n) is 4.73. The summed E-state index contributed by atoms with van der Waals surface area (Å²) in [6.07, 6.45) is 1.54. The van der Waals surface area contributed by atoms with Gasteiger partial charge in [0.15, 0.2) is 0 Å². The second-order valence-corrected chi connectivity index (χ2v) is 5.58. The molecule has 1 N–H and O–H groups in total.